The molecule has 0 aromatic heterocycles. The van der Waals surface area contributed by atoms with Crippen molar-refractivity contribution in [1.82, 2.24) is 0 Å². The molecule has 0 bridgehead atoms. The third kappa shape index (κ3) is 5.44. The lowest BCUT2D eigenvalue weighted by Gasteiger charge is -2.31. The number of esters is 1. The van der Waals surface area contributed by atoms with Crippen LogP contribution >= 0.6 is 0 Å². The number of hydrogen-bond donors (Lipinski definition) is 0. The topological polar surface area (TPSA) is 44.8 Å². The van der Waals surface area contributed by atoms with Gasteiger partial charge in [0.05, 0.1) is 6.23 Å². The minimum Gasteiger partial charge on any atom is -0.467 e. The summed E-state index contributed by atoms with van der Waals surface area (Å²) >= 11 is 0. The van der Waals surface area contributed by atoms with E-state index in [0.717, 1.165) is 6.42 Å². The Morgan fingerprint density at radius 1 is 1.31 bits per heavy atom. The first-order valence-corrected chi connectivity index (χ1v) is 7.41. The summed E-state index contributed by atoms with van der Waals surface area (Å²) in [6.45, 7) is 10.5. The monoisotopic (exact) mass is 246 g/mol. The number of hydrogen-bond acceptors (Lipinski definition) is 4. The molecule has 0 heterocycles. The van der Waals surface area contributed by atoms with E-state index in [0.29, 0.717) is 19.4 Å². The Bertz CT molecular complexity index is 212. The second-order valence-corrected chi connectivity index (χ2v) is 5.24. The van der Waals surface area contributed by atoms with Crippen molar-refractivity contribution in [3.8, 4) is 0 Å². The van der Waals surface area contributed by atoms with Crippen molar-refractivity contribution in [2.45, 2.75) is 32.6 Å². The molecule has 0 spiro atoms. The quantitative estimate of drug-likeness (QED) is 0.263. The maximum absolute atomic E-state index is 10.9. The molecule has 0 radical (unpaired) electrons. The molecule has 0 saturated carbocycles. The Morgan fingerprint density at radius 3 is 2.25 bits per heavy atom. The van der Waals surface area contributed by atoms with Crippen LogP contribution in [0.25, 0.3) is 0 Å². The number of carbonyl (C=O) groups is 1. The molecule has 0 amide bonds. The molecule has 0 aliphatic heterocycles. The molecule has 0 aliphatic carbocycles. The normalized spacial score (nSPS) is 11.9. The zero-order valence-electron chi connectivity index (χ0n) is 10.5. The Balaban J connectivity index is 4.18. The van der Waals surface area contributed by atoms with Gasteiger partial charge in [-0.1, -0.05) is 13.5 Å². The van der Waals surface area contributed by atoms with Gasteiger partial charge in [-0.15, -0.1) is 0 Å². The third-order valence-corrected chi connectivity index (χ3v) is 4.33. The second kappa shape index (κ2) is 8.49. The molecule has 0 aromatic carbocycles. The average Bonchev–Trinajstić information content (AvgIpc) is 2.29. The van der Waals surface area contributed by atoms with E-state index in [9.17, 15) is 4.79 Å². The summed E-state index contributed by atoms with van der Waals surface area (Å²) in [5, 5.41) is 0. The molecule has 4 nitrogen and oxygen atoms in total. The predicted octanol–water partition coefficient (Wildman–Crippen LogP) is 0.979. The molecule has 0 fully saturated rings. The summed E-state index contributed by atoms with van der Waals surface area (Å²) in [6.07, 6.45) is 2.37. The van der Waals surface area contributed by atoms with Crippen molar-refractivity contribution in [2.75, 3.05) is 19.4 Å². The first-order valence-electron chi connectivity index (χ1n) is 5.71. The van der Waals surface area contributed by atoms with E-state index in [1.807, 2.05) is 20.8 Å². The van der Waals surface area contributed by atoms with Gasteiger partial charge in [0.25, 0.3) is 0 Å². The predicted molar refractivity (Wildman–Crippen MR) is 66.0 cm³/mol. The van der Waals surface area contributed by atoms with E-state index >= 15 is 0 Å². The molecule has 0 atom stereocenters. The largest absolute Gasteiger partial charge is 0.467 e. The van der Waals surface area contributed by atoms with Gasteiger partial charge in [0.2, 0.25) is 0 Å². The van der Waals surface area contributed by atoms with Crippen LogP contribution in [-0.4, -0.2) is 40.3 Å². The van der Waals surface area contributed by atoms with Gasteiger partial charge in [-0.3, -0.25) is 0 Å². The molecule has 16 heavy (non-hydrogen) atoms. The van der Waals surface area contributed by atoms with Crippen molar-refractivity contribution in [3.63, 3.8) is 0 Å². The van der Waals surface area contributed by atoms with Crippen LogP contribution in [0.15, 0.2) is 12.7 Å². The smallest absolute Gasteiger partial charge is 0.329 e. The molecule has 94 valence electrons. The van der Waals surface area contributed by atoms with Gasteiger partial charge in [-0.25, -0.2) is 4.79 Å². The highest BCUT2D eigenvalue weighted by molar-refractivity contribution is 6.39. The van der Waals surface area contributed by atoms with Gasteiger partial charge in [-0.2, -0.15) is 0 Å². The molecule has 0 N–H and O–H groups in total. The number of rotatable bonds is 9. The number of carbonyl (C=O) groups excluding carboxylic acids is 1. The highest BCUT2D eigenvalue weighted by Gasteiger charge is 2.29. The van der Waals surface area contributed by atoms with Crippen LogP contribution in [0.2, 0.25) is 0 Å². The Labute approximate surface area is 99.8 Å². The second-order valence-electron chi connectivity index (χ2n) is 3.25. The zero-order valence-corrected chi connectivity index (χ0v) is 11.9. The molecular formula is C11H22O4Si. The van der Waals surface area contributed by atoms with Crippen LogP contribution in [0, 0.1) is 0 Å². The summed E-state index contributed by atoms with van der Waals surface area (Å²) < 4.78 is 16.3. The van der Waals surface area contributed by atoms with Crippen LogP contribution < -0.4 is 0 Å². The first kappa shape index (κ1) is 15.3. The summed E-state index contributed by atoms with van der Waals surface area (Å²) in [6, 6.07) is 0. The van der Waals surface area contributed by atoms with Gasteiger partial charge < -0.3 is 14.2 Å². The van der Waals surface area contributed by atoms with E-state index < -0.39 is 14.9 Å². The van der Waals surface area contributed by atoms with E-state index in [1.165, 1.54) is 6.08 Å². The standard InChI is InChI=1S/C11H22O4Si/c1-5-10(12)13-9-16-11(6-2,14-7-3)15-8-4/h5H,1,6-9,16H2,2-4H3. The van der Waals surface area contributed by atoms with Crippen LogP contribution in [0.5, 0.6) is 0 Å². The van der Waals surface area contributed by atoms with Gasteiger partial charge in [0.1, 0.15) is 14.9 Å². The van der Waals surface area contributed by atoms with Crippen LogP contribution in [0.3, 0.4) is 0 Å². The minimum absolute atomic E-state index is 0.384. The molecule has 0 unspecified atom stereocenters. The summed E-state index contributed by atoms with van der Waals surface area (Å²) in [5.41, 5.74) is -0.495. The van der Waals surface area contributed by atoms with E-state index in [2.05, 4.69) is 6.58 Å². The SMILES string of the molecule is C=CC(=O)OC[SiH2]C(CC)(OCC)OCC. The lowest BCUT2D eigenvalue weighted by atomic mass is 10.4. The Morgan fingerprint density at radius 2 is 1.88 bits per heavy atom. The van der Waals surface area contributed by atoms with Crippen molar-refractivity contribution >= 4 is 15.5 Å². The average molecular weight is 246 g/mol. The fraction of sp³-hybridized carbons (Fsp3) is 0.727. The molecular weight excluding hydrogens is 224 g/mol. The van der Waals surface area contributed by atoms with Gasteiger partial charge in [0, 0.05) is 19.3 Å². The van der Waals surface area contributed by atoms with Crippen molar-refractivity contribution in [1.29, 1.82) is 0 Å². The summed E-state index contributed by atoms with van der Waals surface area (Å²) in [4.78, 5) is 10.9. The van der Waals surface area contributed by atoms with Crippen molar-refractivity contribution < 1.29 is 19.0 Å². The van der Waals surface area contributed by atoms with Crippen molar-refractivity contribution in [3.05, 3.63) is 12.7 Å². The Hall–Kier alpha value is -0.653. The van der Waals surface area contributed by atoms with E-state index in [1.54, 1.807) is 0 Å². The molecule has 0 rings (SSSR count). The maximum Gasteiger partial charge on any atom is 0.329 e. The third-order valence-electron chi connectivity index (χ3n) is 2.25. The molecule has 5 heteroatoms. The van der Waals surface area contributed by atoms with E-state index in [-0.39, 0.29) is 5.97 Å². The van der Waals surface area contributed by atoms with Gasteiger partial charge in [-0.05, 0) is 20.3 Å². The summed E-state index contributed by atoms with van der Waals surface area (Å²) in [5.74, 6) is -0.384. The highest BCUT2D eigenvalue weighted by Crippen LogP contribution is 2.16. The van der Waals surface area contributed by atoms with Crippen LogP contribution in [0.1, 0.15) is 27.2 Å². The number of ether oxygens (including phenoxy) is 3. The van der Waals surface area contributed by atoms with Crippen LogP contribution in [-0.2, 0) is 19.0 Å². The lowest BCUT2D eigenvalue weighted by Crippen LogP contribution is -2.44. The Kier molecular flexibility index (Phi) is 8.15. The van der Waals surface area contributed by atoms with Gasteiger partial charge >= 0.3 is 5.97 Å². The first-order chi connectivity index (χ1) is 7.64. The fourth-order valence-corrected chi connectivity index (χ4v) is 3.12. The van der Waals surface area contributed by atoms with Crippen LogP contribution in [0.4, 0.5) is 0 Å². The summed E-state index contributed by atoms with van der Waals surface area (Å²) in [7, 11) is -0.791. The molecule has 0 saturated heterocycles. The fourth-order valence-electron chi connectivity index (χ4n) is 1.46. The lowest BCUT2D eigenvalue weighted by molar-refractivity contribution is -0.178. The molecule has 0 aliphatic rings. The zero-order chi connectivity index (χ0) is 12.4. The van der Waals surface area contributed by atoms with Crippen molar-refractivity contribution in [2.24, 2.45) is 0 Å². The van der Waals surface area contributed by atoms with E-state index in [4.69, 9.17) is 14.2 Å². The maximum atomic E-state index is 10.9. The minimum atomic E-state index is -0.791. The molecule has 0 aromatic rings. The highest BCUT2D eigenvalue weighted by atomic mass is 28.2. The van der Waals surface area contributed by atoms with Gasteiger partial charge in [0.15, 0.2) is 0 Å².